The molecule has 1 unspecified atom stereocenters. The molecule has 0 aliphatic carbocycles. The van der Waals surface area contributed by atoms with Gasteiger partial charge in [0, 0.05) is 6.42 Å². The molecule has 2 nitrogen and oxygen atoms in total. The molecular formula is C6H12O2. The first-order valence-electron chi connectivity index (χ1n) is 3.27. The average Bonchev–Trinajstić information content (AvgIpc) is 1.87. The fourth-order valence-electron chi connectivity index (χ4n) is 0.429. The number of carboxylic acids is 1. The zero-order chi connectivity index (χ0) is 7.28. The van der Waals surface area contributed by atoms with Crippen LogP contribution in [-0.2, 0) is 4.79 Å². The van der Waals surface area contributed by atoms with Gasteiger partial charge in [-0.2, -0.15) is 0 Å². The Morgan fingerprint density at radius 3 is 3.00 bits per heavy atom. The largest absolute Gasteiger partial charge is 0.481 e. The smallest absolute Gasteiger partial charge is 0.303 e. The number of rotatable bonds is 3. The van der Waals surface area contributed by atoms with Crippen molar-refractivity contribution in [1.29, 1.82) is 1.43 Å². The molecule has 0 amide bonds. The first-order chi connectivity index (χ1) is 4.20. The standard InChI is InChI=1S/C6H12O2/c1-3-5(2)4-6(7)8/h5H,3-4H2,1-2H3,(H,7,8)/i/hD. The van der Waals surface area contributed by atoms with E-state index in [2.05, 4.69) is 5.11 Å². The Morgan fingerprint density at radius 1 is 2.00 bits per heavy atom. The van der Waals surface area contributed by atoms with Gasteiger partial charge in [-0.15, -0.1) is 0 Å². The molecule has 0 aliphatic rings. The van der Waals surface area contributed by atoms with Gasteiger partial charge in [-0.3, -0.25) is 4.79 Å². The lowest BCUT2D eigenvalue weighted by Crippen LogP contribution is -2.02. The van der Waals surface area contributed by atoms with Gasteiger partial charge in [0.05, 0.1) is 0 Å². The molecule has 0 radical (unpaired) electrons. The summed E-state index contributed by atoms with van der Waals surface area (Å²) in [5, 5.41) is 3.73. The Morgan fingerprint density at radius 2 is 2.62 bits per heavy atom. The van der Waals surface area contributed by atoms with Gasteiger partial charge in [0.1, 0.15) is 0 Å². The van der Waals surface area contributed by atoms with Crippen molar-refractivity contribution in [3.63, 3.8) is 0 Å². The quantitative estimate of drug-likeness (QED) is 0.608. The van der Waals surface area contributed by atoms with E-state index in [4.69, 9.17) is 1.43 Å². The molecule has 2 heteroatoms. The Kier molecular flexibility index (Phi) is 2.43. The van der Waals surface area contributed by atoms with E-state index in [1.54, 1.807) is 0 Å². The van der Waals surface area contributed by atoms with E-state index in [0.29, 0.717) is 12.3 Å². The summed E-state index contributed by atoms with van der Waals surface area (Å²) < 4.78 is 6.23. The SMILES string of the molecule is [2H]OC(=O)CC(C)CC. The molecule has 8 heavy (non-hydrogen) atoms. The van der Waals surface area contributed by atoms with Gasteiger partial charge in [0.2, 0.25) is 0 Å². The monoisotopic (exact) mass is 117 g/mol. The summed E-state index contributed by atoms with van der Waals surface area (Å²) in [4.78, 5) is 10.4. The number of hydrogen-bond donors (Lipinski definition) is 1. The van der Waals surface area contributed by atoms with Crippen LogP contribution in [0.2, 0.25) is 0 Å². The summed E-state index contributed by atoms with van der Waals surface area (Å²) in [5.74, 6) is -0.104. The van der Waals surface area contributed by atoms with E-state index in [9.17, 15) is 4.79 Å². The van der Waals surface area contributed by atoms with Crippen molar-refractivity contribution >= 4 is 5.97 Å². The Labute approximate surface area is 51.0 Å². The zero-order valence-electron chi connectivity index (χ0n) is 6.31. The summed E-state index contributed by atoms with van der Waals surface area (Å²) in [5.41, 5.74) is 0. The van der Waals surface area contributed by atoms with Crippen molar-refractivity contribution in [2.75, 3.05) is 0 Å². The number of hydrogen-bond acceptors (Lipinski definition) is 2. The van der Waals surface area contributed by atoms with Gasteiger partial charge in [0.15, 0.2) is 0 Å². The molecule has 0 rings (SSSR count). The molecule has 0 aromatic heterocycles. The lowest BCUT2D eigenvalue weighted by atomic mass is 10.1. The fraction of sp³-hybridized carbons (Fsp3) is 0.833. The Balaban J connectivity index is 3.34. The molecule has 0 aromatic carbocycles. The molecule has 0 aromatic rings. The van der Waals surface area contributed by atoms with Gasteiger partial charge >= 0.3 is 5.97 Å². The minimum absolute atomic E-state index is 0.336. The van der Waals surface area contributed by atoms with Crippen LogP contribution >= 0.6 is 0 Å². The summed E-state index contributed by atoms with van der Waals surface area (Å²) in [6, 6.07) is 0. The molecule has 0 saturated heterocycles. The van der Waals surface area contributed by atoms with E-state index in [1.165, 1.54) is 0 Å². The van der Waals surface area contributed by atoms with Crippen LogP contribution in [0.25, 0.3) is 1.43 Å². The Hall–Kier alpha value is -0.530. The summed E-state index contributed by atoms with van der Waals surface area (Å²) >= 11 is 0. The number of carboxylic acid groups (broad SMARTS) is 1. The van der Waals surface area contributed by atoms with Gasteiger partial charge < -0.3 is 5.11 Å². The van der Waals surface area contributed by atoms with E-state index in [1.807, 2.05) is 13.8 Å². The third kappa shape index (κ3) is 3.65. The van der Waals surface area contributed by atoms with Crippen LogP contribution in [0.15, 0.2) is 0 Å². The van der Waals surface area contributed by atoms with Crippen molar-refractivity contribution in [2.45, 2.75) is 26.7 Å². The lowest BCUT2D eigenvalue weighted by molar-refractivity contribution is -0.137. The summed E-state index contributed by atoms with van der Waals surface area (Å²) in [6.45, 7) is 3.96. The maximum Gasteiger partial charge on any atom is 0.303 e. The van der Waals surface area contributed by atoms with Gasteiger partial charge in [-0.05, 0) is 5.92 Å². The van der Waals surface area contributed by atoms with Crippen LogP contribution in [0.4, 0.5) is 0 Å². The maximum atomic E-state index is 10.4. The molecule has 1 N–H and O–H groups in total. The van der Waals surface area contributed by atoms with Crippen LogP contribution in [-0.4, -0.2) is 11.1 Å². The summed E-state index contributed by atoms with van der Waals surface area (Å²) in [7, 11) is 0. The highest BCUT2D eigenvalue weighted by molar-refractivity contribution is 5.66. The third-order valence-corrected chi connectivity index (χ3v) is 1.21. The molecule has 48 valence electrons. The number of aliphatic carboxylic acids is 1. The zero-order valence-corrected chi connectivity index (χ0v) is 5.31. The van der Waals surface area contributed by atoms with Crippen LogP contribution in [0.1, 0.15) is 26.7 Å². The Bertz CT molecular complexity index is 93.1. The maximum absolute atomic E-state index is 10.4. The van der Waals surface area contributed by atoms with E-state index >= 15 is 0 Å². The second kappa shape index (κ2) is 3.47. The van der Waals surface area contributed by atoms with E-state index in [0.717, 1.165) is 6.42 Å². The molecule has 0 heterocycles. The predicted octanol–water partition coefficient (Wildman–Crippen LogP) is 1.51. The highest BCUT2D eigenvalue weighted by Crippen LogP contribution is 2.04. The topological polar surface area (TPSA) is 37.3 Å². The van der Waals surface area contributed by atoms with Crippen molar-refractivity contribution in [3.8, 4) is 0 Å². The molecule has 0 saturated carbocycles. The van der Waals surface area contributed by atoms with Crippen molar-refractivity contribution in [1.82, 2.24) is 0 Å². The summed E-state index contributed by atoms with van der Waals surface area (Å²) in [6.07, 6.45) is 1.31. The molecule has 0 spiro atoms. The molecule has 0 bridgehead atoms. The third-order valence-electron chi connectivity index (χ3n) is 1.21. The van der Waals surface area contributed by atoms with Gasteiger partial charge in [0.25, 0.3) is 1.43 Å². The van der Waals surface area contributed by atoms with Crippen LogP contribution < -0.4 is 0 Å². The van der Waals surface area contributed by atoms with Crippen LogP contribution in [0.3, 0.4) is 0 Å². The van der Waals surface area contributed by atoms with Crippen LogP contribution in [0, 0.1) is 5.92 Å². The fourth-order valence-corrected chi connectivity index (χ4v) is 0.429. The number of carbonyl (C=O) groups is 1. The van der Waals surface area contributed by atoms with Crippen molar-refractivity contribution in [2.24, 2.45) is 5.92 Å². The lowest BCUT2D eigenvalue weighted by Gasteiger charge is -2.00. The molecule has 0 aliphatic heterocycles. The second-order valence-electron chi connectivity index (χ2n) is 2.09. The molecule has 1 atom stereocenters. The van der Waals surface area contributed by atoms with Gasteiger partial charge in [-0.25, -0.2) is 0 Å². The van der Waals surface area contributed by atoms with Crippen molar-refractivity contribution in [3.05, 3.63) is 0 Å². The highest BCUT2D eigenvalue weighted by Gasteiger charge is 2.02. The first-order valence-corrected chi connectivity index (χ1v) is 2.86. The normalized spacial score (nSPS) is 14.5. The van der Waals surface area contributed by atoms with Crippen LogP contribution in [0.5, 0.6) is 0 Å². The van der Waals surface area contributed by atoms with Gasteiger partial charge in [-0.1, -0.05) is 20.3 Å². The molecular weight excluding hydrogens is 104 g/mol. The average molecular weight is 117 g/mol. The van der Waals surface area contributed by atoms with E-state index < -0.39 is 5.97 Å². The van der Waals surface area contributed by atoms with Crippen molar-refractivity contribution < 1.29 is 9.90 Å². The first kappa shape index (κ1) is 5.60. The minimum atomic E-state index is -0.440. The van der Waals surface area contributed by atoms with E-state index in [-0.39, 0.29) is 0 Å². The second-order valence-corrected chi connectivity index (χ2v) is 2.09. The minimum Gasteiger partial charge on any atom is -0.481 e. The highest BCUT2D eigenvalue weighted by atomic mass is 16.4. The molecule has 0 fully saturated rings. The predicted molar refractivity (Wildman–Crippen MR) is 31.7 cm³/mol.